The van der Waals surface area contributed by atoms with Crippen LogP contribution < -0.4 is 10.5 Å². The zero-order valence-corrected chi connectivity index (χ0v) is 9.44. The van der Waals surface area contributed by atoms with Crippen LogP contribution in [-0.2, 0) is 15.6 Å². The molecule has 2 heterocycles. The molecule has 0 spiro atoms. The van der Waals surface area contributed by atoms with E-state index in [0.717, 1.165) is 21.3 Å². The summed E-state index contributed by atoms with van der Waals surface area (Å²) >= 11 is 0. The van der Waals surface area contributed by atoms with E-state index in [2.05, 4.69) is 0 Å². The summed E-state index contributed by atoms with van der Waals surface area (Å²) in [5, 5.41) is 12.4. The average Bonchev–Trinajstić information content (AvgIpc) is 2.16. The van der Waals surface area contributed by atoms with Gasteiger partial charge in [-0.3, -0.25) is 0 Å². The third-order valence-electron chi connectivity index (χ3n) is 2.29. The minimum absolute atomic E-state index is 0.0793. The first-order chi connectivity index (χ1) is 7.16. The van der Waals surface area contributed by atoms with Crippen molar-refractivity contribution < 1.29 is 9.47 Å². The molecule has 1 aromatic rings. The fourth-order valence-electron chi connectivity index (χ4n) is 1.73. The predicted molar refractivity (Wildman–Crippen MR) is 59.3 cm³/mol. The van der Waals surface area contributed by atoms with Gasteiger partial charge in [0.15, 0.2) is 18.2 Å². The van der Waals surface area contributed by atoms with Crippen LogP contribution >= 0.6 is 0 Å². The van der Waals surface area contributed by atoms with Crippen molar-refractivity contribution in [1.82, 2.24) is 0 Å². The molecule has 0 aromatic carbocycles. The molecule has 2 N–H and O–H groups in total. The van der Waals surface area contributed by atoms with Crippen LogP contribution in [0.1, 0.15) is 6.92 Å². The lowest BCUT2D eigenvalue weighted by Gasteiger charge is -2.23. The molecule has 0 radical (unpaired) electrons. The van der Waals surface area contributed by atoms with Crippen LogP contribution in [0.3, 0.4) is 0 Å². The fourth-order valence-corrected chi connectivity index (χ4v) is 3.92. The van der Waals surface area contributed by atoms with E-state index in [4.69, 9.17) is 10.5 Å². The van der Waals surface area contributed by atoms with Gasteiger partial charge < -0.3 is 15.7 Å². The number of nitrogens with two attached hydrogens (primary N) is 1. The number of hydrogen-bond donors (Lipinski definition) is 1. The van der Waals surface area contributed by atoms with Crippen LogP contribution in [0.2, 0.25) is 0 Å². The zero-order chi connectivity index (χ0) is 10.8. The molecular weight excluding hydrogens is 212 g/mol. The highest BCUT2D eigenvalue weighted by molar-refractivity contribution is 7.96. The van der Waals surface area contributed by atoms with Gasteiger partial charge in [0.05, 0.1) is 17.0 Å². The summed E-state index contributed by atoms with van der Waals surface area (Å²) in [5.41, 5.74) is 5.78. The summed E-state index contributed by atoms with van der Waals surface area (Å²) in [6, 6.07) is 5.51. The third-order valence-corrected chi connectivity index (χ3v) is 4.80. The number of hydrogen-bond acceptors (Lipinski definition) is 3. The first kappa shape index (κ1) is 10.7. The first-order valence-electron chi connectivity index (χ1n) is 4.93. The van der Waals surface area contributed by atoms with Crippen LogP contribution in [0.4, 0.5) is 0 Å². The molecule has 1 aliphatic rings. The van der Waals surface area contributed by atoms with E-state index >= 15 is 0 Å². The van der Waals surface area contributed by atoms with Gasteiger partial charge in [-0.1, -0.05) is 0 Å². The van der Waals surface area contributed by atoms with Gasteiger partial charge in [0, 0.05) is 6.07 Å². The second-order valence-electron chi connectivity index (χ2n) is 3.68. The largest absolute Gasteiger partial charge is 0.615 e. The molecule has 4 nitrogen and oxygen atoms in total. The summed E-state index contributed by atoms with van der Waals surface area (Å²) in [6.45, 7) is 2.00. The summed E-state index contributed by atoms with van der Waals surface area (Å²) in [7, 11) is -0.0793. The Balaban J connectivity index is 2.20. The van der Waals surface area contributed by atoms with Gasteiger partial charge in [0.2, 0.25) is 0 Å². The maximum absolute atomic E-state index is 11.6. The molecule has 0 amide bonds. The first-order valence-corrected chi connectivity index (χ1v) is 6.50. The lowest BCUT2D eigenvalue weighted by atomic mass is 10.4. The quantitative estimate of drug-likeness (QED) is 0.417. The van der Waals surface area contributed by atoms with Gasteiger partial charge in [-0.2, -0.15) is 0 Å². The Kier molecular flexibility index (Phi) is 3.14. The molecule has 3 unspecified atom stereocenters. The monoisotopic (exact) mass is 227 g/mol. The third kappa shape index (κ3) is 2.42. The van der Waals surface area contributed by atoms with Crippen molar-refractivity contribution in [2.75, 3.05) is 11.5 Å². The molecule has 1 aliphatic heterocycles. The Morgan fingerprint density at radius 1 is 1.53 bits per heavy atom. The Bertz CT molecular complexity index is 338. The summed E-state index contributed by atoms with van der Waals surface area (Å²) in [4.78, 5) is 0. The Hall–Kier alpha value is -0.780. The Labute approximate surface area is 92.0 Å². The second-order valence-corrected chi connectivity index (χ2v) is 5.75. The Morgan fingerprint density at radius 3 is 3.00 bits per heavy atom. The number of nitrogens with zero attached hydrogens (tertiary/aromatic N) is 1. The molecule has 1 fully saturated rings. The minimum atomic E-state index is -0.239. The van der Waals surface area contributed by atoms with Crippen molar-refractivity contribution in [2.24, 2.45) is 5.73 Å². The normalized spacial score (nSPS) is 31.5. The highest BCUT2D eigenvalue weighted by atomic mass is 32.2. The molecule has 15 heavy (non-hydrogen) atoms. The predicted octanol–water partition coefficient (Wildman–Crippen LogP) is 0.000700. The fraction of sp³-hybridized carbons (Fsp3) is 0.500. The molecule has 3 atom stereocenters. The topological polar surface area (TPSA) is 62.2 Å². The molecular formula is C10H15N2O2S+. The molecule has 5 heteroatoms. The summed E-state index contributed by atoms with van der Waals surface area (Å²) in [5.74, 6) is 1.64. The standard InChI is InChI=1S/C10H15N2O2S/c1-8-6-15(7-9(11)14-8)10-4-2-3-5-12(10)13/h2-5,8-9H,6-7,11H2,1H3/q+1. The van der Waals surface area contributed by atoms with Gasteiger partial charge in [0.1, 0.15) is 11.9 Å². The van der Waals surface area contributed by atoms with Gasteiger partial charge in [-0.25, -0.2) is 0 Å². The summed E-state index contributed by atoms with van der Waals surface area (Å²) in [6.07, 6.45) is 1.43. The van der Waals surface area contributed by atoms with E-state index in [1.54, 1.807) is 6.07 Å². The van der Waals surface area contributed by atoms with Crippen molar-refractivity contribution in [1.29, 1.82) is 0 Å². The highest BCUT2D eigenvalue weighted by Gasteiger charge is 2.39. The zero-order valence-electron chi connectivity index (χ0n) is 8.63. The van der Waals surface area contributed by atoms with Gasteiger partial charge >= 0.3 is 5.03 Å². The van der Waals surface area contributed by atoms with Crippen molar-refractivity contribution in [3.05, 3.63) is 29.6 Å². The molecule has 1 saturated heterocycles. The van der Waals surface area contributed by atoms with Crippen molar-refractivity contribution in [2.45, 2.75) is 24.3 Å². The van der Waals surface area contributed by atoms with E-state index in [1.165, 1.54) is 6.20 Å². The summed E-state index contributed by atoms with van der Waals surface area (Å²) < 4.78 is 6.39. The maximum Gasteiger partial charge on any atom is 0.395 e. The molecule has 2 rings (SSSR count). The Morgan fingerprint density at radius 2 is 2.33 bits per heavy atom. The lowest BCUT2D eigenvalue weighted by Crippen LogP contribution is -2.47. The number of aromatic nitrogens is 1. The maximum atomic E-state index is 11.6. The van der Waals surface area contributed by atoms with Crippen molar-refractivity contribution in [3.63, 3.8) is 0 Å². The van der Waals surface area contributed by atoms with E-state index < -0.39 is 0 Å². The van der Waals surface area contributed by atoms with Crippen LogP contribution in [-0.4, -0.2) is 23.8 Å². The van der Waals surface area contributed by atoms with E-state index in [-0.39, 0.29) is 23.2 Å². The van der Waals surface area contributed by atoms with Gasteiger partial charge in [-0.05, 0) is 13.0 Å². The van der Waals surface area contributed by atoms with E-state index in [0.29, 0.717) is 0 Å². The van der Waals surface area contributed by atoms with Crippen molar-refractivity contribution >= 4 is 10.9 Å². The highest BCUT2D eigenvalue weighted by Crippen LogP contribution is 2.18. The van der Waals surface area contributed by atoms with Crippen LogP contribution in [0, 0.1) is 5.21 Å². The smallest absolute Gasteiger partial charge is 0.395 e. The minimum Gasteiger partial charge on any atom is -0.615 e. The number of ether oxygens (including phenoxy) is 1. The lowest BCUT2D eigenvalue weighted by molar-refractivity contribution is -0.646. The number of rotatable bonds is 1. The van der Waals surface area contributed by atoms with Crippen LogP contribution in [0.15, 0.2) is 29.4 Å². The van der Waals surface area contributed by atoms with Gasteiger partial charge in [-0.15, -0.1) is 4.73 Å². The van der Waals surface area contributed by atoms with Gasteiger partial charge in [0.25, 0.3) is 0 Å². The average molecular weight is 227 g/mol. The van der Waals surface area contributed by atoms with E-state index in [9.17, 15) is 5.21 Å². The molecule has 0 bridgehead atoms. The van der Waals surface area contributed by atoms with E-state index in [1.807, 2.05) is 19.1 Å². The molecule has 0 aliphatic carbocycles. The van der Waals surface area contributed by atoms with Crippen LogP contribution in [0.25, 0.3) is 0 Å². The SMILES string of the molecule is CC1C[S+](c2cccc[n+]2[O-])CC(N)O1. The second kappa shape index (κ2) is 4.38. The van der Waals surface area contributed by atoms with Crippen molar-refractivity contribution in [3.8, 4) is 0 Å². The van der Waals surface area contributed by atoms with Crippen LogP contribution in [0.5, 0.6) is 0 Å². The molecule has 82 valence electrons. The number of pyridine rings is 1. The molecule has 1 aromatic heterocycles. The molecule has 0 saturated carbocycles.